The predicted octanol–water partition coefficient (Wildman–Crippen LogP) is 2.76. The Hall–Kier alpha value is -3.94. The number of aromatic amines is 1. The van der Waals surface area contributed by atoms with E-state index in [-0.39, 0.29) is 30.7 Å². The molecule has 8 heteroatoms. The molecule has 0 spiro atoms. The number of hydrogen-bond donors (Lipinski definition) is 1. The highest BCUT2D eigenvalue weighted by Gasteiger charge is 2.42. The van der Waals surface area contributed by atoms with Crippen LogP contribution in [0.1, 0.15) is 34.3 Å². The van der Waals surface area contributed by atoms with Crippen LogP contribution in [0.5, 0.6) is 5.75 Å². The van der Waals surface area contributed by atoms with E-state index in [1.54, 1.807) is 36.4 Å². The summed E-state index contributed by atoms with van der Waals surface area (Å²) in [5.41, 5.74) is 4.09. The van der Waals surface area contributed by atoms with Crippen LogP contribution in [0.25, 0.3) is 11.3 Å². The van der Waals surface area contributed by atoms with Crippen LogP contribution in [0, 0.1) is 0 Å². The summed E-state index contributed by atoms with van der Waals surface area (Å²) in [5, 5.41) is 6.90. The van der Waals surface area contributed by atoms with Crippen molar-refractivity contribution in [3.63, 3.8) is 0 Å². The maximum absolute atomic E-state index is 13.3. The van der Waals surface area contributed by atoms with Gasteiger partial charge in [0.15, 0.2) is 0 Å². The third-order valence-corrected chi connectivity index (χ3v) is 6.11. The molecule has 8 nitrogen and oxygen atoms in total. The van der Waals surface area contributed by atoms with Crippen LogP contribution < -0.4 is 4.74 Å². The Balaban J connectivity index is 1.36. The zero-order valence-electron chi connectivity index (χ0n) is 17.6. The lowest BCUT2D eigenvalue weighted by Gasteiger charge is -2.35. The van der Waals surface area contributed by atoms with Gasteiger partial charge in [-0.2, -0.15) is 5.10 Å². The number of rotatable bonds is 5. The van der Waals surface area contributed by atoms with Gasteiger partial charge in [-0.1, -0.05) is 18.2 Å². The molecule has 0 aliphatic carbocycles. The summed E-state index contributed by atoms with van der Waals surface area (Å²) in [6.07, 6.45) is 2.24. The van der Waals surface area contributed by atoms with E-state index >= 15 is 0 Å². The molecule has 32 heavy (non-hydrogen) atoms. The Kier molecular flexibility index (Phi) is 4.97. The Bertz CT molecular complexity index is 1190. The molecule has 5 rings (SSSR count). The van der Waals surface area contributed by atoms with Crippen molar-refractivity contribution in [1.82, 2.24) is 20.0 Å². The lowest BCUT2D eigenvalue weighted by atomic mass is 10.0. The number of piperidine rings is 1. The molecule has 1 unspecified atom stereocenters. The number of aromatic nitrogens is 2. The van der Waals surface area contributed by atoms with Crippen LogP contribution in [0.2, 0.25) is 0 Å². The summed E-state index contributed by atoms with van der Waals surface area (Å²) in [5.74, 6) is -0.00844. The summed E-state index contributed by atoms with van der Waals surface area (Å²) in [7, 11) is 1.58. The molecule has 3 aromatic rings. The van der Waals surface area contributed by atoms with E-state index in [4.69, 9.17) is 4.74 Å². The largest absolute Gasteiger partial charge is 0.497 e. The van der Waals surface area contributed by atoms with E-state index in [0.29, 0.717) is 24.3 Å². The first-order valence-corrected chi connectivity index (χ1v) is 10.5. The normalized spacial score (nSPS) is 18.3. The Morgan fingerprint density at radius 3 is 2.62 bits per heavy atom. The first kappa shape index (κ1) is 20.0. The number of fused-ring (bicyclic) bond motifs is 1. The fourth-order valence-electron chi connectivity index (χ4n) is 4.37. The monoisotopic (exact) mass is 430 g/mol. The van der Waals surface area contributed by atoms with Gasteiger partial charge in [0.1, 0.15) is 11.8 Å². The molecule has 3 heterocycles. The highest BCUT2D eigenvalue weighted by atomic mass is 16.5. The number of benzene rings is 2. The van der Waals surface area contributed by atoms with Crippen LogP contribution in [0.4, 0.5) is 0 Å². The van der Waals surface area contributed by atoms with Crippen LogP contribution in [0.3, 0.4) is 0 Å². The minimum absolute atomic E-state index is 0.173. The lowest BCUT2D eigenvalue weighted by Crippen LogP contribution is -2.54. The topological polar surface area (TPSA) is 95.6 Å². The van der Waals surface area contributed by atoms with Gasteiger partial charge in [0, 0.05) is 24.7 Å². The van der Waals surface area contributed by atoms with Crippen molar-refractivity contribution >= 4 is 17.7 Å². The molecule has 1 fully saturated rings. The molecule has 2 aliphatic rings. The quantitative estimate of drug-likeness (QED) is 0.628. The average Bonchev–Trinajstić information content (AvgIpc) is 3.46. The summed E-state index contributed by atoms with van der Waals surface area (Å²) in [6.45, 7) is 0.522. The molecule has 2 aromatic carbocycles. The molecule has 0 bridgehead atoms. The van der Waals surface area contributed by atoms with Gasteiger partial charge in [-0.3, -0.25) is 24.4 Å². The second kappa shape index (κ2) is 7.96. The standard InChI is InChI=1S/C24H22N4O4/c1-32-18-5-2-15(3-6-18)13-28-22(29)9-8-21(24(28)31)27-14-17-12-16(20-10-11-25-26-20)4-7-19(17)23(27)30/h2-7,10-12,21H,8-9,13-14H2,1H3,(H,25,26). The van der Waals surface area contributed by atoms with Gasteiger partial charge < -0.3 is 9.64 Å². The smallest absolute Gasteiger partial charge is 0.255 e. The second-order valence-corrected chi connectivity index (χ2v) is 8.00. The number of ether oxygens (including phenoxy) is 1. The molecular formula is C24H22N4O4. The first-order chi connectivity index (χ1) is 15.5. The highest BCUT2D eigenvalue weighted by Crippen LogP contribution is 2.32. The van der Waals surface area contributed by atoms with E-state index in [0.717, 1.165) is 22.4 Å². The van der Waals surface area contributed by atoms with Gasteiger partial charge in [-0.05, 0) is 53.4 Å². The van der Waals surface area contributed by atoms with E-state index in [9.17, 15) is 14.4 Å². The number of carbonyl (C=O) groups excluding carboxylic acids is 3. The molecule has 162 valence electrons. The number of methoxy groups -OCH3 is 1. The maximum atomic E-state index is 13.3. The Morgan fingerprint density at radius 2 is 1.91 bits per heavy atom. The van der Waals surface area contributed by atoms with Crippen molar-refractivity contribution < 1.29 is 19.1 Å². The maximum Gasteiger partial charge on any atom is 0.255 e. The minimum Gasteiger partial charge on any atom is -0.497 e. The molecule has 2 aliphatic heterocycles. The van der Waals surface area contributed by atoms with Crippen LogP contribution in [0.15, 0.2) is 54.7 Å². The van der Waals surface area contributed by atoms with Crippen LogP contribution in [-0.2, 0) is 22.7 Å². The number of imide groups is 1. The second-order valence-electron chi connectivity index (χ2n) is 8.00. The lowest BCUT2D eigenvalue weighted by molar-refractivity contribution is -0.153. The van der Waals surface area contributed by atoms with Gasteiger partial charge in [-0.25, -0.2) is 0 Å². The van der Waals surface area contributed by atoms with Gasteiger partial charge in [0.25, 0.3) is 11.8 Å². The Labute approximate surface area is 184 Å². The van der Waals surface area contributed by atoms with Crippen molar-refractivity contribution in [2.24, 2.45) is 0 Å². The number of likely N-dealkylation sites (tertiary alicyclic amines) is 1. The fourth-order valence-corrected chi connectivity index (χ4v) is 4.37. The van der Waals surface area contributed by atoms with E-state index in [1.807, 2.05) is 30.3 Å². The average molecular weight is 430 g/mol. The van der Waals surface area contributed by atoms with Gasteiger partial charge >= 0.3 is 0 Å². The zero-order chi connectivity index (χ0) is 22.2. The predicted molar refractivity (Wildman–Crippen MR) is 115 cm³/mol. The van der Waals surface area contributed by atoms with Gasteiger partial charge in [0.05, 0.1) is 19.3 Å². The molecule has 0 radical (unpaired) electrons. The number of hydrogen-bond acceptors (Lipinski definition) is 5. The summed E-state index contributed by atoms with van der Waals surface area (Å²) >= 11 is 0. The van der Waals surface area contributed by atoms with Crippen molar-refractivity contribution in [2.45, 2.75) is 32.0 Å². The number of H-pyrrole nitrogens is 1. The molecular weight excluding hydrogens is 408 g/mol. The number of amides is 3. The third kappa shape index (κ3) is 3.43. The summed E-state index contributed by atoms with van der Waals surface area (Å²) in [6, 6.07) is 14.1. The number of nitrogens with one attached hydrogen (secondary N) is 1. The van der Waals surface area contributed by atoms with E-state index in [2.05, 4.69) is 10.2 Å². The molecule has 1 N–H and O–H groups in total. The van der Waals surface area contributed by atoms with Gasteiger partial charge in [-0.15, -0.1) is 0 Å². The van der Waals surface area contributed by atoms with E-state index in [1.165, 1.54) is 4.90 Å². The van der Waals surface area contributed by atoms with E-state index < -0.39 is 6.04 Å². The van der Waals surface area contributed by atoms with Crippen LogP contribution in [-0.4, -0.2) is 50.9 Å². The van der Waals surface area contributed by atoms with Crippen molar-refractivity contribution in [3.05, 3.63) is 71.4 Å². The molecule has 1 aromatic heterocycles. The fraction of sp³-hybridized carbons (Fsp3) is 0.250. The SMILES string of the molecule is COc1ccc(CN2C(=O)CCC(N3Cc4cc(-c5ccn[nH]5)ccc4C3=O)C2=O)cc1. The number of nitrogens with zero attached hydrogens (tertiary/aromatic N) is 3. The minimum atomic E-state index is -0.651. The highest BCUT2D eigenvalue weighted by molar-refractivity contribution is 6.05. The third-order valence-electron chi connectivity index (χ3n) is 6.11. The molecule has 3 amide bonds. The van der Waals surface area contributed by atoms with Crippen molar-refractivity contribution in [1.29, 1.82) is 0 Å². The molecule has 0 saturated carbocycles. The zero-order valence-corrected chi connectivity index (χ0v) is 17.6. The first-order valence-electron chi connectivity index (χ1n) is 10.5. The Morgan fingerprint density at radius 1 is 1.09 bits per heavy atom. The molecule has 1 atom stereocenters. The van der Waals surface area contributed by atoms with Crippen LogP contribution >= 0.6 is 0 Å². The molecule has 1 saturated heterocycles. The summed E-state index contributed by atoms with van der Waals surface area (Å²) < 4.78 is 5.16. The van der Waals surface area contributed by atoms with Crippen molar-refractivity contribution in [2.75, 3.05) is 7.11 Å². The van der Waals surface area contributed by atoms with Crippen molar-refractivity contribution in [3.8, 4) is 17.0 Å². The van der Waals surface area contributed by atoms with Gasteiger partial charge in [0.2, 0.25) is 5.91 Å². The number of carbonyl (C=O) groups is 3. The summed E-state index contributed by atoms with van der Waals surface area (Å²) in [4.78, 5) is 41.8.